The van der Waals surface area contributed by atoms with Gasteiger partial charge in [0.2, 0.25) is 5.91 Å². The Morgan fingerprint density at radius 1 is 1.17 bits per heavy atom. The van der Waals surface area contributed by atoms with Crippen LogP contribution in [-0.2, 0) is 4.79 Å². The summed E-state index contributed by atoms with van der Waals surface area (Å²) in [5, 5.41) is 7.49. The van der Waals surface area contributed by atoms with E-state index in [1.807, 2.05) is 23.1 Å². The first-order valence-electron chi connectivity index (χ1n) is 8.03. The van der Waals surface area contributed by atoms with E-state index in [2.05, 4.69) is 10.4 Å². The molecule has 6 nitrogen and oxygen atoms in total. The number of aromatic nitrogens is 2. The molecule has 2 aromatic rings. The number of carbonyl (C=O) groups excluding carboxylic acids is 1. The number of carbonyl (C=O) groups is 1. The lowest BCUT2D eigenvalue weighted by molar-refractivity contribution is -0.128. The molecule has 7 heteroatoms. The molecule has 1 aliphatic heterocycles. The molecule has 1 aliphatic carbocycles. The van der Waals surface area contributed by atoms with Crippen LogP contribution in [0.2, 0.25) is 5.02 Å². The van der Waals surface area contributed by atoms with Crippen LogP contribution in [0.5, 0.6) is 0 Å². The summed E-state index contributed by atoms with van der Waals surface area (Å²) in [6.45, 7) is 0.654. The summed E-state index contributed by atoms with van der Waals surface area (Å²) in [5.74, 6) is 0.164. The average Bonchev–Trinajstić information content (AvgIpc) is 3.36. The largest absolute Gasteiger partial charge is 0.377 e. The van der Waals surface area contributed by atoms with E-state index in [1.165, 1.54) is 4.68 Å². The molecule has 0 bridgehead atoms. The SMILES string of the molecule is O=C1CC(Nc2cnn(-c3ccccc3)c(=O)c2Cl)CN1C1CC1. The number of rotatable bonds is 4. The van der Waals surface area contributed by atoms with Crippen molar-refractivity contribution in [1.29, 1.82) is 0 Å². The molecular formula is C17H17ClN4O2. The Hall–Kier alpha value is -2.34. The Labute approximate surface area is 144 Å². The molecule has 1 aromatic heterocycles. The van der Waals surface area contributed by atoms with E-state index in [1.54, 1.807) is 18.3 Å². The molecule has 1 N–H and O–H groups in total. The van der Waals surface area contributed by atoms with Crippen molar-refractivity contribution in [2.75, 3.05) is 11.9 Å². The van der Waals surface area contributed by atoms with Crippen LogP contribution in [-0.4, -0.2) is 39.2 Å². The summed E-state index contributed by atoms with van der Waals surface area (Å²) >= 11 is 6.24. The highest BCUT2D eigenvalue weighted by Gasteiger charge is 2.39. The molecule has 1 amide bonds. The predicted octanol–water partition coefficient (Wildman–Crippen LogP) is 2.06. The lowest BCUT2D eigenvalue weighted by atomic mass is 10.2. The standard InChI is InChI=1S/C17H17ClN4O2/c18-16-14(20-11-8-15(23)21(10-11)12-6-7-12)9-19-22(17(16)24)13-4-2-1-3-5-13/h1-5,9,11-12,20H,6-8,10H2. The average molecular weight is 345 g/mol. The highest BCUT2D eigenvalue weighted by molar-refractivity contribution is 6.33. The third kappa shape index (κ3) is 2.78. The molecule has 2 heterocycles. The van der Waals surface area contributed by atoms with E-state index in [0.717, 1.165) is 12.8 Å². The second kappa shape index (κ2) is 5.94. The zero-order chi connectivity index (χ0) is 16.7. The first-order valence-corrected chi connectivity index (χ1v) is 8.40. The van der Waals surface area contributed by atoms with Crippen LogP contribution in [0.1, 0.15) is 19.3 Å². The topological polar surface area (TPSA) is 67.2 Å². The first kappa shape index (κ1) is 15.2. The van der Waals surface area contributed by atoms with E-state index in [9.17, 15) is 9.59 Å². The number of hydrogen-bond donors (Lipinski definition) is 1. The summed E-state index contributed by atoms with van der Waals surface area (Å²) in [6, 6.07) is 9.49. The Kier molecular flexibility index (Phi) is 3.76. The molecule has 0 spiro atoms. The molecule has 1 atom stereocenters. The minimum Gasteiger partial charge on any atom is -0.377 e. The molecule has 1 saturated carbocycles. The van der Waals surface area contributed by atoms with Crippen LogP contribution in [0.4, 0.5) is 5.69 Å². The zero-order valence-electron chi connectivity index (χ0n) is 13.0. The Balaban J connectivity index is 1.55. The van der Waals surface area contributed by atoms with Gasteiger partial charge in [-0.2, -0.15) is 9.78 Å². The monoisotopic (exact) mass is 344 g/mol. The van der Waals surface area contributed by atoms with Gasteiger partial charge in [0.05, 0.1) is 23.6 Å². The second-order valence-corrected chi connectivity index (χ2v) is 6.63. The maximum Gasteiger partial charge on any atom is 0.292 e. The van der Waals surface area contributed by atoms with Crippen LogP contribution in [0, 0.1) is 0 Å². The normalized spacial score (nSPS) is 20.5. The van der Waals surface area contributed by atoms with Gasteiger partial charge in [-0.3, -0.25) is 9.59 Å². The van der Waals surface area contributed by atoms with Crippen molar-refractivity contribution in [1.82, 2.24) is 14.7 Å². The number of anilines is 1. The van der Waals surface area contributed by atoms with Gasteiger partial charge in [-0.15, -0.1) is 0 Å². The van der Waals surface area contributed by atoms with Crippen LogP contribution >= 0.6 is 11.6 Å². The van der Waals surface area contributed by atoms with Crippen LogP contribution in [0.3, 0.4) is 0 Å². The molecule has 2 aliphatic rings. The van der Waals surface area contributed by atoms with Gasteiger partial charge in [0.25, 0.3) is 5.56 Å². The van der Waals surface area contributed by atoms with Gasteiger partial charge in [-0.25, -0.2) is 0 Å². The first-order chi connectivity index (χ1) is 11.6. The van der Waals surface area contributed by atoms with Gasteiger partial charge in [0, 0.05) is 19.0 Å². The number of likely N-dealkylation sites (tertiary alicyclic amines) is 1. The highest BCUT2D eigenvalue weighted by Crippen LogP contribution is 2.31. The minimum atomic E-state index is -0.378. The maximum atomic E-state index is 12.5. The lowest BCUT2D eigenvalue weighted by Gasteiger charge is -2.17. The number of para-hydroxylation sites is 1. The van der Waals surface area contributed by atoms with Crippen LogP contribution in [0.15, 0.2) is 41.3 Å². The number of nitrogens with zero attached hydrogens (tertiary/aromatic N) is 3. The molecule has 2 fully saturated rings. The molecule has 24 heavy (non-hydrogen) atoms. The van der Waals surface area contributed by atoms with E-state index in [0.29, 0.717) is 30.4 Å². The Morgan fingerprint density at radius 2 is 1.92 bits per heavy atom. The van der Waals surface area contributed by atoms with Crippen molar-refractivity contribution >= 4 is 23.2 Å². The van der Waals surface area contributed by atoms with Crippen LogP contribution in [0.25, 0.3) is 5.69 Å². The Morgan fingerprint density at radius 3 is 2.62 bits per heavy atom. The van der Waals surface area contributed by atoms with Gasteiger partial charge < -0.3 is 10.2 Å². The zero-order valence-corrected chi connectivity index (χ0v) is 13.7. The fourth-order valence-corrected chi connectivity index (χ4v) is 3.26. The fourth-order valence-electron chi connectivity index (χ4n) is 3.07. The molecular weight excluding hydrogens is 328 g/mol. The smallest absolute Gasteiger partial charge is 0.292 e. The number of halogens is 1. The summed E-state index contributed by atoms with van der Waals surface area (Å²) in [4.78, 5) is 26.4. The van der Waals surface area contributed by atoms with Gasteiger partial charge in [-0.05, 0) is 25.0 Å². The Bertz CT molecular complexity index is 832. The molecule has 124 valence electrons. The molecule has 4 rings (SSSR count). The summed E-state index contributed by atoms with van der Waals surface area (Å²) < 4.78 is 1.27. The molecule has 0 radical (unpaired) electrons. The third-order valence-corrected chi connectivity index (χ3v) is 4.79. The summed E-state index contributed by atoms with van der Waals surface area (Å²) in [6.07, 6.45) is 4.15. The minimum absolute atomic E-state index is 0.0376. The van der Waals surface area contributed by atoms with E-state index < -0.39 is 0 Å². The molecule has 1 saturated heterocycles. The summed E-state index contributed by atoms with van der Waals surface area (Å²) in [5.41, 5.74) is 0.757. The highest BCUT2D eigenvalue weighted by atomic mass is 35.5. The van der Waals surface area contributed by atoms with Crippen molar-refractivity contribution in [2.24, 2.45) is 0 Å². The van der Waals surface area contributed by atoms with Crippen molar-refractivity contribution in [2.45, 2.75) is 31.3 Å². The molecule has 1 aromatic carbocycles. The number of benzene rings is 1. The van der Waals surface area contributed by atoms with E-state index >= 15 is 0 Å². The van der Waals surface area contributed by atoms with Gasteiger partial charge in [-0.1, -0.05) is 29.8 Å². The lowest BCUT2D eigenvalue weighted by Crippen LogP contribution is -2.30. The fraction of sp³-hybridized carbons (Fsp3) is 0.353. The van der Waals surface area contributed by atoms with Crippen molar-refractivity contribution in [3.63, 3.8) is 0 Å². The predicted molar refractivity (Wildman–Crippen MR) is 91.6 cm³/mol. The van der Waals surface area contributed by atoms with Gasteiger partial charge in [0.1, 0.15) is 5.02 Å². The van der Waals surface area contributed by atoms with Crippen molar-refractivity contribution in [3.05, 3.63) is 51.9 Å². The molecule has 1 unspecified atom stereocenters. The van der Waals surface area contributed by atoms with Crippen molar-refractivity contribution in [3.8, 4) is 5.69 Å². The second-order valence-electron chi connectivity index (χ2n) is 6.25. The quantitative estimate of drug-likeness (QED) is 0.922. The number of hydrogen-bond acceptors (Lipinski definition) is 4. The maximum absolute atomic E-state index is 12.5. The van der Waals surface area contributed by atoms with Crippen LogP contribution < -0.4 is 10.9 Å². The number of amides is 1. The van der Waals surface area contributed by atoms with Gasteiger partial charge in [0.15, 0.2) is 0 Å². The van der Waals surface area contributed by atoms with E-state index in [-0.39, 0.29) is 22.5 Å². The van der Waals surface area contributed by atoms with Crippen molar-refractivity contribution < 1.29 is 4.79 Å². The van der Waals surface area contributed by atoms with E-state index in [4.69, 9.17) is 11.6 Å². The van der Waals surface area contributed by atoms with Gasteiger partial charge >= 0.3 is 0 Å². The third-order valence-electron chi connectivity index (χ3n) is 4.43. The number of nitrogens with one attached hydrogen (secondary N) is 1. The summed E-state index contributed by atoms with van der Waals surface area (Å²) in [7, 11) is 0.